The lowest BCUT2D eigenvalue weighted by atomic mass is 10.3. The van der Waals surface area contributed by atoms with Crippen LogP contribution in [-0.4, -0.2) is 35.9 Å². The minimum absolute atomic E-state index is 0.150. The van der Waals surface area contributed by atoms with Gasteiger partial charge in [-0.25, -0.2) is 0 Å². The highest BCUT2D eigenvalue weighted by molar-refractivity contribution is 7.13. The molecule has 0 spiro atoms. The van der Waals surface area contributed by atoms with Gasteiger partial charge in [0.1, 0.15) is 0 Å². The van der Waals surface area contributed by atoms with Crippen LogP contribution in [0.3, 0.4) is 0 Å². The average molecular weight is 307 g/mol. The summed E-state index contributed by atoms with van der Waals surface area (Å²) in [5, 5.41) is 11.8. The van der Waals surface area contributed by atoms with Crippen molar-refractivity contribution in [1.82, 2.24) is 15.5 Å². The fraction of sp³-hybridized carbons (Fsp3) is 0.467. The van der Waals surface area contributed by atoms with Crippen molar-refractivity contribution in [3.05, 3.63) is 29.3 Å². The van der Waals surface area contributed by atoms with Crippen molar-refractivity contribution in [1.29, 1.82) is 0 Å². The summed E-state index contributed by atoms with van der Waals surface area (Å²) in [6.07, 6.45) is 3.05. The van der Waals surface area contributed by atoms with Gasteiger partial charge in [0, 0.05) is 19.8 Å². The van der Waals surface area contributed by atoms with Gasteiger partial charge in [0.25, 0.3) is 5.91 Å². The minimum atomic E-state index is -0.150. The number of carbonyl (C=O) groups excluding carboxylic acids is 1. The maximum absolute atomic E-state index is 11.9. The molecule has 0 saturated carbocycles. The molecule has 2 aromatic heterocycles. The SMILES string of the molecule is CCCCOCCCNC(=O)c1cc(-c2cccs2)[nH]n1. The molecule has 2 heterocycles. The first-order valence-corrected chi connectivity index (χ1v) is 8.14. The normalized spacial score (nSPS) is 10.7. The molecule has 0 saturated heterocycles. The number of unbranched alkanes of at least 4 members (excludes halogenated alkanes) is 1. The van der Waals surface area contributed by atoms with Crippen LogP contribution < -0.4 is 5.32 Å². The van der Waals surface area contributed by atoms with Crippen LogP contribution in [0.25, 0.3) is 10.6 Å². The van der Waals surface area contributed by atoms with E-state index in [1.165, 1.54) is 0 Å². The van der Waals surface area contributed by atoms with Crippen LogP contribution in [0.4, 0.5) is 0 Å². The number of carbonyl (C=O) groups is 1. The smallest absolute Gasteiger partial charge is 0.271 e. The lowest BCUT2D eigenvalue weighted by Crippen LogP contribution is -2.25. The summed E-state index contributed by atoms with van der Waals surface area (Å²) in [6.45, 7) is 4.22. The van der Waals surface area contributed by atoms with Crippen molar-refractivity contribution < 1.29 is 9.53 Å². The number of thiophene rings is 1. The molecule has 0 fully saturated rings. The highest BCUT2D eigenvalue weighted by atomic mass is 32.1. The van der Waals surface area contributed by atoms with Crippen LogP contribution in [0.2, 0.25) is 0 Å². The second-order valence-electron chi connectivity index (χ2n) is 4.72. The first kappa shape index (κ1) is 15.7. The van der Waals surface area contributed by atoms with E-state index in [1.807, 2.05) is 17.5 Å². The molecule has 1 amide bonds. The molecule has 0 radical (unpaired) electrons. The topological polar surface area (TPSA) is 67.0 Å². The number of nitrogens with one attached hydrogen (secondary N) is 2. The molecule has 0 aromatic carbocycles. The van der Waals surface area contributed by atoms with Crippen LogP contribution >= 0.6 is 11.3 Å². The summed E-state index contributed by atoms with van der Waals surface area (Å²) >= 11 is 1.61. The van der Waals surface area contributed by atoms with Crippen LogP contribution in [0.5, 0.6) is 0 Å². The van der Waals surface area contributed by atoms with Crippen molar-refractivity contribution in [2.24, 2.45) is 0 Å². The van der Waals surface area contributed by atoms with Gasteiger partial charge in [-0.15, -0.1) is 11.3 Å². The predicted octanol–water partition coefficient (Wildman–Crippen LogP) is 3.07. The molecule has 21 heavy (non-hydrogen) atoms. The standard InChI is InChI=1S/C15H21N3O2S/c1-2-3-8-20-9-5-7-16-15(19)13-11-12(17-18-13)14-6-4-10-21-14/h4,6,10-11H,2-3,5,7-9H2,1H3,(H,16,19)(H,17,18). The molecule has 6 heteroatoms. The van der Waals surface area contributed by atoms with Gasteiger partial charge < -0.3 is 10.1 Å². The molecule has 2 rings (SSSR count). The van der Waals surface area contributed by atoms with Crippen LogP contribution in [-0.2, 0) is 4.74 Å². The Morgan fingerprint density at radius 3 is 3.05 bits per heavy atom. The lowest BCUT2D eigenvalue weighted by Gasteiger charge is -2.04. The molecule has 0 aliphatic heterocycles. The van der Waals surface area contributed by atoms with Gasteiger partial charge in [-0.2, -0.15) is 5.10 Å². The number of rotatable bonds is 9. The van der Waals surface area contributed by atoms with Crippen LogP contribution in [0, 0.1) is 0 Å². The lowest BCUT2D eigenvalue weighted by molar-refractivity contribution is 0.0935. The van der Waals surface area contributed by atoms with Crippen molar-refractivity contribution in [3.8, 4) is 10.6 Å². The summed E-state index contributed by atoms with van der Waals surface area (Å²) in [5.74, 6) is -0.150. The largest absolute Gasteiger partial charge is 0.381 e. The highest BCUT2D eigenvalue weighted by Gasteiger charge is 2.11. The maximum atomic E-state index is 11.9. The molecule has 5 nitrogen and oxygen atoms in total. The van der Waals surface area contributed by atoms with E-state index >= 15 is 0 Å². The van der Waals surface area contributed by atoms with Gasteiger partial charge in [0.15, 0.2) is 5.69 Å². The molecular formula is C15H21N3O2S. The zero-order valence-electron chi connectivity index (χ0n) is 12.2. The number of aromatic nitrogens is 2. The third-order valence-corrected chi connectivity index (χ3v) is 3.89. The summed E-state index contributed by atoms with van der Waals surface area (Å²) in [4.78, 5) is 13.0. The third kappa shape index (κ3) is 4.99. The third-order valence-electron chi connectivity index (χ3n) is 2.99. The van der Waals surface area contributed by atoms with Crippen molar-refractivity contribution in [2.75, 3.05) is 19.8 Å². The predicted molar refractivity (Wildman–Crippen MR) is 84.6 cm³/mol. The number of H-pyrrole nitrogens is 1. The average Bonchev–Trinajstić information content (AvgIpc) is 3.16. The second-order valence-corrected chi connectivity index (χ2v) is 5.67. The first-order chi connectivity index (χ1) is 10.3. The fourth-order valence-electron chi connectivity index (χ4n) is 1.81. The van der Waals surface area contributed by atoms with E-state index in [1.54, 1.807) is 17.4 Å². The van der Waals surface area contributed by atoms with E-state index in [-0.39, 0.29) is 5.91 Å². The number of aromatic amines is 1. The molecular weight excluding hydrogens is 286 g/mol. The number of nitrogens with zero attached hydrogens (tertiary/aromatic N) is 1. The Balaban J connectivity index is 1.69. The van der Waals surface area contributed by atoms with E-state index in [9.17, 15) is 4.79 Å². The van der Waals surface area contributed by atoms with E-state index in [0.29, 0.717) is 18.8 Å². The zero-order chi connectivity index (χ0) is 14.9. The summed E-state index contributed by atoms with van der Waals surface area (Å²) < 4.78 is 5.44. The van der Waals surface area contributed by atoms with E-state index in [2.05, 4.69) is 22.4 Å². The Labute approximate surface area is 128 Å². The molecule has 0 unspecified atom stereocenters. The molecule has 0 bridgehead atoms. The van der Waals surface area contributed by atoms with Crippen molar-refractivity contribution in [2.45, 2.75) is 26.2 Å². The van der Waals surface area contributed by atoms with E-state index in [4.69, 9.17) is 4.74 Å². The van der Waals surface area contributed by atoms with Gasteiger partial charge in [0.05, 0.1) is 10.6 Å². The van der Waals surface area contributed by atoms with Gasteiger partial charge in [0.2, 0.25) is 0 Å². The van der Waals surface area contributed by atoms with Crippen molar-refractivity contribution >= 4 is 17.2 Å². The number of amides is 1. The van der Waals surface area contributed by atoms with Crippen molar-refractivity contribution in [3.63, 3.8) is 0 Å². The van der Waals surface area contributed by atoms with Gasteiger partial charge in [-0.3, -0.25) is 9.89 Å². The molecule has 2 N–H and O–H groups in total. The molecule has 0 atom stereocenters. The Kier molecular flexibility index (Phi) is 6.43. The fourth-order valence-corrected chi connectivity index (χ4v) is 2.50. The Bertz CT molecular complexity index is 537. The Hall–Kier alpha value is -1.66. The quantitative estimate of drug-likeness (QED) is 0.700. The monoisotopic (exact) mass is 307 g/mol. The summed E-state index contributed by atoms with van der Waals surface area (Å²) in [5.41, 5.74) is 1.29. The summed E-state index contributed by atoms with van der Waals surface area (Å²) in [6, 6.07) is 5.74. The molecule has 114 valence electrons. The molecule has 2 aromatic rings. The zero-order valence-corrected chi connectivity index (χ0v) is 13.0. The first-order valence-electron chi connectivity index (χ1n) is 7.26. The Morgan fingerprint density at radius 2 is 2.29 bits per heavy atom. The number of ether oxygens (including phenoxy) is 1. The summed E-state index contributed by atoms with van der Waals surface area (Å²) in [7, 11) is 0. The Morgan fingerprint density at radius 1 is 1.43 bits per heavy atom. The van der Waals surface area contributed by atoms with Gasteiger partial charge in [-0.05, 0) is 30.4 Å². The van der Waals surface area contributed by atoms with Crippen LogP contribution in [0.1, 0.15) is 36.7 Å². The van der Waals surface area contributed by atoms with Crippen LogP contribution in [0.15, 0.2) is 23.6 Å². The van der Waals surface area contributed by atoms with Gasteiger partial charge in [-0.1, -0.05) is 19.4 Å². The number of hydrogen-bond donors (Lipinski definition) is 2. The highest BCUT2D eigenvalue weighted by Crippen LogP contribution is 2.22. The van der Waals surface area contributed by atoms with E-state index in [0.717, 1.165) is 36.4 Å². The van der Waals surface area contributed by atoms with Gasteiger partial charge >= 0.3 is 0 Å². The molecule has 0 aliphatic rings. The maximum Gasteiger partial charge on any atom is 0.271 e. The number of hydrogen-bond acceptors (Lipinski definition) is 4. The molecule has 0 aliphatic carbocycles. The second kappa shape index (κ2) is 8.59. The van der Waals surface area contributed by atoms with E-state index < -0.39 is 0 Å². The minimum Gasteiger partial charge on any atom is -0.381 e.